The number of furan rings is 1. The second kappa shape index (κ2) is 12.3. The van der Waals surface area contributed by atoms with E-state index in [9.17, 15) is 0 Å². The first-order valence-corrected chi connectivity index (χ1v) is 21.0. The summed E-state index contributed by atoms with van der Waals surface area (Å²) in [7, 11) is 0. The maximum atomic E-state index is 7.08. The predicted molar refractivity (Wildman–Crippen MR) is 255 cm³/mol. The number of fused-ring (bicyclic) bond motifs is 13. The zero-order valence-electron chi connectivity index (χ0n) is 33.4. The molecule has 1 heteroatoms. The molecule has 0 spiro atoms. The normalized spacial score (nSPS) is 13.3. The summed E-state index contributed by atoms with van der Waals surface area (Å²) >= 11 is 0. The number of benzene rings is 11. The second-order valence-corrected chi connectivity index (χ2v) is 17.1. The fourth-order valence-corrected chi connectivity index (χ4v) is 11.0. The Morgan fingerprint density at radius 2 is 0.783 bits per heavy atom. The van der Waals surface area contributed by atoms with Crippen LogP contribution in [0.15, 0.2) is 199 Å². The minimum Gasteiger partial charge on any atom is -0.455 e. The molecule has 11 aromatic carbocycles. The van der Waals surface area contributed by atoms with Gasteiger partial charge in [-0.05, 0) is 111 Å². The summed E-state index contributed by atoms with van der Waals surface area (Å²) in [5.74, 6) is 0. The van der Waals surface area contributed by atoms with Gasteiger partial charge in [-0.3, -0.25) is 0 Å². The molecule has 0 amide bonds. The molecule has 0 saturated carbocycles. The van der Waals surface area contributed by atoms with Gasteiger partial charge in [-0.2, -0.15) is 0 Å². The highest BCUT2D eigenvalue weighted by Gasteiger charge is 2.40. The third-order valence-electron chi connectivity index (χ3n) is 13.6. The van der Waals surface area contributed by atoms with E-state index in [1.807, 2.05) is 0 Å². The van der Waals surface area contributed by atoms with E-state index in [2.05, 4.69) is 208 Å². The van der Waals surface area contributed by atoms with Crippen molar-refractivity contribution in [3.63, 3.8) is 0 Å². The summed E-state index contributed by atoms with van der Waals surface area (Å²) in [4.78, 5) is 0. The molecule has 0 N–H and O–H groups in total. The summed E-state index contributed by atoms with van der Waals surface area (Å²) in [5, 5.41) is 14.7. The van der Waals surface area contributed by atoms with Crippen molar-refractivity contribution >= 4 is 75.8 Å². The molecule has 12 aromatic rings. The van der Waals surface area contributed by atoms with Crippen molar-refractivity contribution in [3.8, 4) is 44.5 Å². The Hall–Kier alpha value is -7.48. The van der Waals surface area contributed by atoms with Gasteiger partial charge in [0.1, 0.15) is 11.2 Å². The molecule has 0 radical (unpaired) electrons. The van der Waals surface area contributed by atoms with Crippen molar-refractivity contribution in [2.45, 2.75) is 19.3 Å². The van der Waals surface area contributed by atoms with Gasteiger partial charge in [0.15, 0.2) is 0 Å². The summed E-state index contributed by atoms with van der Waals surface area (Å²) < 4.78 is 7.08. The molecule has 13 rings (SSSR count). The molecule has 1 heterocycles. The molecule has 0 saturated heterocycles. The van der Waals surface area contributed by atoms with Gasteiger partial charge in [-0.15, -0.1) is 0 Å². The Labute approximate surface area is 347 Å². The summed E-state index contributed by atoms with van der Waals surface area (Å²) in [5.41, 5.74) is 14.4. The van der Waals surface area contributed by atoms with Crippen LogP contribution in [0.3, 0.4) is 0 Å². The summed E-state index contributed by atoms with van der Waals surface area (Å²) in [6.07, 6.45) is 0. The van der Waals surface area contributed by atoms with Gasteiger partial charge in [-0.1, -0.05) is 196 Å². The largest absolute Gasteiger partial charge is 0.455 e. The molecular weight excluding hydrogens is 725 g/mol. The standard InChI is InChI=1S/C59H38O/c1-59(2)52-29-14-13-27-49(52)55-50(34-51-48-31-30-36-17-4-6-20-38(36)57(48)60-58(51)56(55)59)41-32-33-47(40-22-8-7-21-39(40)41)54-45-25-11-9-23-43(45)53(44-24-10-12-26-46(44)54)42-28-15-18-35-16-3-5-19-37(35)42/h3-34H,1-2H3. The zero-order chi connectivity index (χ0) is 39.7. The van der Waals surface area contributed by atoms with Crippen molar-refractivity contribution in [2.24, 2.45) is 0 Å². The molecule has 1 nitrogen and oxygen atoms in total. The number of hydrogen-bond donors (Lipinski definition) is 0. The Kier molecular flexibility index (Phi) is 6.85. The third-order valence-corrected chi connectivity index (χ3v) is 13.6. The van der Waals surface area contributed by atoms with Crippen molar-refractivity contribution < 1.29 is 4.42 Å². The Bertz CT molecular complexity index is 3740. The van der Waals surface area contributed by atoms with Crippen LogP contribution in [-0.2, 0) is 5.41 Å². The lowest BCUT2D eigenvalue weighted by Crippen LogP contribution is -2.15. The smallest absolute Gasteiger partial charge is 0.143 e. The third kappa shape index (κ3) is 4.47. The highest BCUT2D eigenvalue weighted by molar-refractivity contribution is 6.26. The molecule has 0 aliphatic heterocycles. The lowest BCUT2D eigenvalue weighted by Gasteiger charge is -2.22. The minimum atomic E-state index is -0.261. The molecule has 0 fully saturated rings. The Morgan fingerprint density at radius 3 is 1.47 bits per heavy atom. The summed E-state index contributed by atoms with van der Waals surface area (Å²) in [6.45, 7) is 4.73. The van der Waals surface area contributed by atoms with E-state index < -0.39 is 0 Å². The van der Waals surface area contributed by atoms with Gasteiger partial charge >= 0.3 is 0 Å². The zero-order valence-corrected chi connectivity index (χ0v) is 33.4. The van der Waals surface area contributed by atoms with Crippen LogP contribution in [-0.4, -0.2) is 0 Å². The molecule has 1 aliphatic rings. The van der Waals surface area contributed by atoms with E-state index >= 15 is 0 Å². The highest BCUT2D eigenvalue weighted by atomic mass is 16.3. The van der Waals surface area contributed by atoms with E-state index in [0.29, 0.717) is 0 Å². The lowest BCUT2D eigenvalue weighted by atomic mass is 9.80. The van der Waals surface area contributed by atoms with Crippen LogP contribution in [0.25, 0.3) is 120 Å². The summed E-state index contributed by atoms with van der Waals surface area (Å²) in [6, 6.07) is 71.8. The maximum Gasteiger partial charge on any atom is 0.143 e. The van der Waals surface area contributed by atoms with Gasteiger partial charge in [0.2, 0.25) is 0 Å². The maximum absolute atomic E-state index is 7.08. The van der Waals surface area contributed by atoms with Crippen molar-refractivity contribution in [2.75, 3.05) is 0 Å². The van der Waals surface area contributed by atoms with Crippen LogP contribution in [0.1, 0.15) is 25.0 Å². The highest BCUT2D eigenvalue weighted by Crippen LogP contribution is 2.57. The fraction of sp³-hybridized carbons (Fsp3) is 0.0508. The lowest BCUT2D eigenvalue weighted by molar-refractivity contribution is 0.621. The van der Waals surface area contributed by atoms with Crippen molar-refractivity contribution in [3.05, 3.63) is 205 Å². The number of hydrogen-bond acceptors (Lipinski definition) is 1. The number of rotatable bonds is 3. The van der Waals surface area contributed by atoms with Crippen LogP contribution in [0.4, 0.5) is 0 Å². The first kappa shape index (κ1) is 33.5. The van der Waals surface area contributed by atoms with E-state index in [4.69, 9.17) is 4.42 Å². The molecule has 280 valence electrons. The van der Waals surface area contributed by atoms with Crippen LogP contribution < -0.4 is 0 Å². The fourth-order valence-electron chi connectivity index (χ4n) is 11.0. The van der Waals surface area contributed by atoms with Gasteiger partial charge in [0, 0.05) is 27.1 Å². The van der Waals surface area contributed by atoms with Crippen LogP contribution in [0.2, 0.25) is 0 Å². The van der Waals surface area contributed by atoms with Gasteiger partial charge in [0.05, 0.1) is 0 Å². The first-order valence-electron chi connectivity index (χ1n) is 21.0. The van der Waals surface area contributed by atoms with Crippen molar-refractivity contribution in [1.82, 2.24) is 0 Å². The van der Waals surface area contributed by atoms with Gasteiger partial charge in [-0.25, -0.2) is 0 Å². The second-order valence-electron chi connectivity index (χ2n) is 17.1. The topological polar surface area (TPSA) is 13.1 Å². The minimum absolute atomic E-state index is 0.261. The SMILES string of the molecule is CC1(C)c2ccccc2-c2c(-c3ccc(-c4c5ccccc5c(-c5cccc6ccccc56)c5ccccc45)c4ccccc34)cc3c(oc4c5ccccc5ccc34)c21. The average Bonchev–Trinajstić information content (AvgIpc) is 3.79. The molecule has 0 unspecified atom stereocenters. The van der Waals surface area contributed by atoms with E-state index in [1.165, 1.54) is 109 Å². The van der Waals surface area contributed by atoms with Crippen molar-refractivity contribution in [1.29, 1.82) is 0 Å². The predicted octanol–water partition coefficient (Wildman–Crippen LogP) is 16.7. The van der Waals surface area contributed by atoms with E-state index in [0.717, 1.165) is 21.9 Å². The molecule has 60 heavy (non-hydrogen) atoms. The van der Waals surface area contributed by atoms with E-state index in [-0.39, 0.29) is 5.41 Å². The van der Waals surface area contributed by atoms with E-state index in [1.54, 1.807) is 0 Å². The molecule has 0 atom stereocenters. The molecular formula is C59H38O. The van der Waals surface area contributed by atoms with Gasteiger partial charge in [0.25, 0.3) is 0 Å². The average molecular weight is 763 g/mol. The molecule has 1 aliphatic carbocycles. The van der Waals surface area contributed by atoms with Crippen LogP contribution in [0.5, 0.6) is 0 Å². The first-order chi connectivity index (χ1) is 29.6. The van der Waals surface area contributed by atoms with Gasteiger partial charge < -0.3 is 4.42 Å². The Balaban J connectivity index is 1.13. The molecule has 0 bridgehead atoms. The monoisotopic (exact) mass is 762 g/mol. The van der Waals surface area contributed by atoms with Crippen LogP contribution >= 0.6 is 0 Å². The van der Waals surface area contributed by atoms with Crippen LogP contribution in [0, 0.1) is 0 Å². The molecule has 1 aromatic heterocycles. The quantitative estimate of drug-likeness (QED) is 0.163. The Morgan fingerprint density at radius 1 is 0.300 bits per heavy atom.